The summed E-state index contributed by atoms with van der Waals surface area (Å²) in [7, 11) is 0. The second-order valence-electron chi connectivity index (χ2n) is 8.30. The van der Waals surface area contributed by atoms with Crippen LogP contribution in [0.3, 0.4) is 0 Å². The number of hydrogen-bond acceptors (Lipinski definition) is 3. The van der Waals surface area contributed by atoms with E-state index in [2.05, 4.69) is 24.1 Å². The van der Waals surface area contributed by atoms with Crippen LogP contribution >= 0.6 is 0 Å². The van der Waals surface area contributed by atoms with Crippen molar-refractivity contribution in [3.8, 4) is 0 Å². The van der Waals surface area contributed by atoms with Gasteiger partial charge < -0.3 is 10.2 Å². The normalized spacial score (nSPS) is 23.9. The number of carbonyl (C=O) groups is 2. The van der Waals surface area contributed by atoms with Crippen LogP contribution in [0, 0.1) is 11.2 Å². The van der Waals surface area contributed by atoms with E-state index in [1.165, 1.54) is 6.07 Å². The number of rotatable bonds is 5. The van der Waals surface area contributed by atoms with Gasteiger partial charge in [-0.25, -0.2) is 4.39 Å². The smallest absolute Gasteiger partial charge is 0.234 e. The molecule has 1 N–H and O–H groups in total. The highest BCUT2D eigenvalue weighted by molar-refractivity contribution is 5.78. The average molecular weight is 375 g/mol. The highest BCUT2D eigenvalue weighted by Crippen LogP contribution is 2.39. The van der Waals surface area contributed by atoms with Crippen molar-refractivity contribution in [3.05, 3.63) is 35.6 Å². The molecule has 2 heterocycles. The molecule has 0 radical (unpaired) electrons. The maximum Gasteiger partial charge on any atom is 0.234 e. The molecule has 2 aliphatic rings. The number of nitrogens with one attached hydrogen (secondary N) is 1. The fourth-order valence-electron chi connectivity index (χ4n) is 4.39. The van der Waals surface area contributed by atoms with Gasteiger partial charge in [-0.2, -0.15) is 0 Å². The van der Waals surface area contributed by atoms with Gasteiger partial charge in [0.2, 0.25) is 11.8 Å². The van der Waals surface area contributed by atoms with Crippen LogP contribution < -0.4 is 5.32 Å². The number of nitrogens with zero attached hydrogens (tertiary/aromatic N) is 2. The third-order valence-corrected chi connectivity index (χ3v) is 5.86. The lowest BCUT2D eigenvalue weighted by Gasteiger charge is -2.49. The van der Waals surface area contributed by atoms with Crippen LogP contribution in [0.5, 0.6) is 0 Å². The molecule has 0 unspecified atom stereocenters. The Labute approximate surface area is 160 Å². The molecule has 2 aliphatic heterocycles. The van der Waals surface area contributed by atoms with Gasteiger partial charge in [0.05, 0.1) is 6.54 Å². The number of halogens is 1. The van der Waals surface area contributed by atoms with Crippen molar-refractivity contribution in [2.75, 3.05) is 26.2 Å². The summed E-state index contributed by atoms with van der Waals surface area (Å²) in [6.45, 7) is 7.19. The topological polar surface area (TPSA) is 52.6 Å². The summed E-state index contributed by atoms with van der Waals surface area (Å²) < 4.78 is 13.7. The summed E-state index contributed by atoms with van der Waals surface area (Å²) in [6.07, 6.45) is 3.66. The van der Waals surface area contributed by atoms with Crippen LogP contribution in [0.25, 0.3) is 0 Å². The first-order valence-electron chi connectivity index (χ1n) is 9.90. The van der Waals surface area contributed by atoms with Crippen LogP contribution in [0.2, 0.25) is 0 Å². The van der Waals surface area contributed by atoms with Gasteiger partial charge in [0.1, 0.15) is 5.82 Å². The Kier molecular flexibility index (Phi) is 6.15. The standard InChI is InChI=1S/C21H30FN3O2/c1-16(2)25-15-21(10-8-20(25)27)9-5-11-24(14-21)13-19(26)23-12-17-6-3-4-7-18(17)22/h3-4,6-7,16H,5,8-15H2,1-2H3,(H,23,26)/t21-/m1/s1. The fourth-order valence-corrected chi connectivity index (χ4v) is 4.39. The molecule has 0 aliphatic carbocycles. The van der Waals surface area contributed by atoms with Gasteiger partial charge in [0, 0.05) is 43.1 Å². The van der Waals surface area contributed by atoms with Gasteiger partial charge in [0.15, 0.2) is 0 Å². The quantitative estimate of drug-likeness (QED) is 0.861. The van der Waals surface area contributed by atoms with Gasteiger partial charge in [-0.1, -0.05) is 18.2 Å². The Morgan fingerprint density at radius 3 is 2.78 bits per heavy atom. The number of piperidine rings is 2. The summed E-state index contributed by atoms with van der Waals surface area (Å²) in [5, 5.41) is 2.83. The van der Waals surface area contributed by atoms with Crippen molar-refractivity contribution in [1.82, 2.24) is 15.1 Å². The van der Waals surface area contributed by atoms with Crippen LogP contribution in [0.15, 0.2) is 24.3 Å². The second kappa shape index (κ2) is 8.38. The monoisotopic (exact) mass is 375 g/mol. The minimum Gasteiger partial charge on any atom is -0.351 e. The minimum absolute atomic E-state index is 0.0806. The molecule has 0 bridgehead atoms. The van der Waals surface area contributed by atoms with Crippen LogP contribution in [-0.2, 0) is 16.1 Å². The molecule has 148 valence electrons. The van der Waals surface area contributed by atoms with Crippen molar-refractivity contribution >= 4 is 11.8 Å². The first-order chi connectivity index (χ1) is 12.9. The molecule has 1 aromatic carbocycles. The molecular weight excluding hydrogens is 345 g/mol. The van der Waals surface area contributed by atoms with E-state index in [0.717, 1.165) is 38.9 Å². The Morgan fingerprint density at radius 1 is 1.26 bits per heavy atom. The van der Waals surface area contributed by atoms with Crippen molar-refractivity contribution < 1.29 is 14.0 Å². The van der Waals surface area contributed by atoms with E-state index in [1.54, 1.807) is 18.2 Å². The number of benzene rings is 1. The molecule has 0 aromatic heterocycles. The van der Waals surface area contributed by atoms with Crippen LogP contribution in [-0.4, -0.2) is 53.8 Å². The molecule has 2 saturated heterocycles. The highest BCUT2D eigenvalue weighted by atomic mass is 19.1. The summed E-state index contributed by atoms with van der Waals surface area (Å²) in [5.74, 6) is -0.131. The molecule has 6 heteroatoms. The maximum atomic E-state index is 13.7. The predicted molar refractivity (Wildman–Crippen MR) is 102 cm³/mol. The Hall–Kier alpha value is -1.95. The second-order valence-corrected chi connectivity index (χ2v) is 8.30. The molecule has 27 heavy (non-hydrogen) atoms. The lowest BCUT2D eigenvalue weighted by Crippen LogP contribution is -2.56. The zero-order valence-corrected chi connectivity index (χ0v) is 16.3. The Bertz CT molecular complexity index is 694. The molecule has 1 spiro atoms. The van der Waals surface area contributed by atoms with E-state index < -0.39 is 0 Å². The number of hydrogen-bond donors (Lipinski definition) is 1. The van der Waals surface area contributed by atoms with Gasteiger partial charge in [-0.05, 0) is 45.7 Å². The zero-order chi connectivity index (χ0) is 19.4. The maximum absolute atomic E-state index is 13.7. The SMILES string of the molecule is CC(C)N1C[C@]2(CCCN(CC(=O)NCc3ccccc3F)C2)CCC1=O. The fraction of sp³-hybridized carbons (Fsp3) is 0.619. The van der Waals surface area contributed by atoms with Crippen LogP contribution in [0.4, 0.5) is 4.39 Å². The third kappa shape index (κ3) is 4.86. The van der Waals surface area contributed by atoms with E-state index in [-0.39, 0.29) is 35.6 Å². The molecule has 2 fully saturated rings. The summed E-state index contributed by atoms with van der Waals surface area (Å²) >= 11 is 0. The molecule has 2 amide bonds. The number of likely N-dealkylation sites (tertiary alicyclic amines) is 2. The predicted octanol–water partition coefficient (Wildman–Crippen LogP) is 2.55. The highest BCUT2D eigenvalue weighted by Gasteiger charge is 2.42. The summed E-state index contributed by atoms with van der Waals surface area (Å²) in [5.41, 5.74) is 0.599. The lowest BCUT2D eigenvalue weighted by molar-refractivity contribution is -0.142. The molecule has 1 aromatic rings. The summed E-state index contributed by atoms with van der Waals surface area (Å²) in [4.78, 5) is 28.7. The first-order valence-corrected chi connectivity index (χ1v) is 9.90. The van der Waals surface area contributed by atoms with Crippen molar-refractivity contribution in [2.24, 2.45) is 5.41 Å². The van der Waals surface area contributed by atoms with Gasteiger partial charge in [-0.15, -0.1) is 0 Å². The molecule has 5 nitrogen and oxygen atoms in total. The number of carbonyl (C=O) groups excluding carboxylic acids is 2. The van der Waals surface area contributed by atoms with E-state index in [1.807, 2.05) is 4.90 Å². The van der Waals surface area contributed by atoms with Gasteiger partial charge in [0.25, 0.3) is 0 Å². The zero-order valence-electron chi connectivity index (χ0n) is 16.3. The van der Waals surface area contributed by atoms with Gasteiger partial charge >= 0.3 is 0 Å². The van der Waals surface area contributed by atoms with E-state index in [0.29, 0.717) is 18.5 Å². The van der Waals surface area contributed by atoms with Crippen molar-refractivity contribution in [1.29, 1.82) is 0 Å². The Balaban J connectivity index is 1.54. The van der Waals surface area contributed by atoms with Gasteiger partial charge in [-0.3, -0.25) is 14.5 Å². The molecule has 3 rings (SSSR count). The molecule has 1 atom stereocenters. The third-order valence-electron chi connectivity index (χ3n) is 5.86. The largest absolute Gasteiger partial charge is 0.351 e. The Morgan fingerprint density at radius 2 is 2.04 bits per heavy atom. The lowest BCUT2D eigenvalue weighted by atomic mass is 9.73. The van der Waals surface area contributed by atoms with Crippen LogP contribution in [0.1, 0.15) is 45.1 Å². The number of amides is 2. The minimum atomic E-state index is -0.296. The molecule has 0 saturated carbocycles. The average Bonchev–Trinajstić information content (AvgIpc) is 2.63. The summed E-state index contributed by atoms with van der Waals surface area (Å²) in [6, 6.07) is 6.72. The van der Waals surface area contributed by atoms with E-state index in [4.69, 9.17) is 0 Å². The van der Waals surface area contributed by atoms with Crippen molar-refractivity contribution in [3.63, 3.8) is 0 Å². The first kappa shape index (κ1) is 19.8. The molecular formula is C21H30FN3O2. The van der Waals surface area contributed by atoms with E-state index in [9.17, 15) is 14.0 Å². The van der Waals surface area contributed by atoms with Crippen molar-refractivity contribution in [2.45, 2.75) is 52.1 Å². The van der Waals surface area contributed by atoms with E-state index >= 15 is 0 Å².